The Bertz CT molecular complexity index is 1220. The lowest BCUT2D eigenvalue weighted by atomic mass is 9.96. The minimum absolute atomic E-state index is 0.0142. The third-order valence-corrected chi connectivity index (χ3v) is 6.19. The molecule has 2 saturated heterocycles. The molecule has 32 heavy (non-hydrogen) atoms. The van der Waals surface area contributed by atoms with E-state index in [-0.39, 0.29) is 29.3 Å². The van der Waals surface area contributed by atoms with Crippen molar-refractivity contribution in [3.05, 3.63) is 41.0 Å². The van der Waals surface area contributed by atoms with Crippen molar-refractivity contribution in [1.29, 1.82) is 0 Å². The van der Waals surface area contributed by atoms with E-state index in [0.29, 0.717) is 41.1 Å². The van der Waals surface area contributed by atoms with Crippen LogP contribution in [-0.2, 0) is 10.9 Å². The number of morpholine rings is 1. The van der Waals surface area contributed by atoms with Crippen LogP contribution in [0.4, 0.5) is 30.5 Å². The van der Waals surface area contributed by atoms with Crippen molar-refractivity contribution in [2.75, 3.05) is 29.5 Å². The van der Waals surface area contributed by atoms with Crippen LogP contribution in [0.5, 0.6) is 0 Å². The summed E-state index contributed by atoms with van der Waals surface area (Å²) in [5.41, 5.74) is 12.2. The minimum Gasteiger partial charge on any atom is -0.399 e. The fraction of sp³-hybridized carbons (Fsp3) is 0.429. The maximum absolute atomic E-state index is 13.4. The van der Waals surface area contributed by atoms with Gasteiger partial charge < -0.3 is 21.1 Å². The van der Waals surface area contributed by atoms with E-state index < -0.39 is 17.8 Å². The van der Waals surface area contributed by atoms with Gasteiger partial charge in [-0.3, -0.25) is 0 Å². The van der Waals surface area contributed by atoms with Crippen LogP contribution in [0.15, 0.2) is 18.2 Å². The fourth-order valence-corrected chi connectivity index (χ4v) is 4.59. The number of nitrogen functional groups attached to an aromatic ring is 2. The van der Waals surface area contributed by atoms with Gasteiger partial charge in [0, 0.05) is 28.9 Å². The molecule has 5 rings (SSSR count). The molecule has 0 aromatic carbocycles. The molecule has 2 fully saturated rings. The van der Waals surface area contributed by atoms with Gasteiger partial charge in [0.05, 0.1) is 35.8 Å². The first-order valence-corrected chi connectivity index (χ1v) is 10.3. The molecule has 0 spiro atoms. The standard InChI is InChI=1S/C21H22F3N7O/c1-9(15-3-11(25)4-16(27-15)21(22,23)24)19-18-10(2)29-30-20(26)14(18)6-17(28-19)31-7-13-5-12(31)8-32-13/h3-4,6,9,12-13H,5,7-8H2,1-2H3,(H2,25,27)(H2,26,30)/t9-,12-,13-/m1/s1. The number of alkyl halides is 3. The first-order valence-electron chi connectivity index (χ1n) is 10.3. The summed E-state index contributed by atoms with van der Waals surface area (Å²) in [5.74, 6) is 0.328. The number of nitrogens with two attached hydrogens (primary N) is 2. The second-order valence-corrected chi connectivity index (χ2v) is 8.39. The molecule has 8 nitrogen and oxygen atoms in total. The van der Waals surface area contributed by atoms with E-state index in [1.54, 1.807) is 13.8 Å². The third kappa shape index (κ3) is 3.36. The van der Waals surface area contributed by atoms with Crippen LogP contribution in [0.1, 0.15) is 42.0 Å². The van der Waals surface area contributed by atoms with Gasteiger partial charge in [-0.15, -0.1) is 5.10 Å². The highest BCUT2D eigenvalue weighted by molar-refractivity contribution is 5.96. The summed E-state index contributed by atoms with van der Waals surface area (Å²) >= 11 is 0. The molecule has 3 atom stereocenters. The van der Waals surface area contributed by atoms with E-state index in [1.807, 2.05) is 6.07 Å². The molecule has 0 unspecified atom stereocenters. The second-order valence-electron chi connectivity index (χ2n) is 8.39. The predicted octanol–water partition coefficient (Wildman–Crippen LogP) is 3.04. The molecule has 168 valence electrons. The van der Waals surface area contributed by atoms with Crippen molar-refractivity contribution in [2.24, 2.45) is 0 Å². The molecular formula is C21H22F3N7O. The number of aryl methyl sites for hydroxylation is 1. The van der Waals surface area contributed by atoms with E-state index >= 15 is 0 Å². The summed E-state index contributed by atoms with van der Waals surface area (Å²) in [6.45, 7) is 4.84. The number of fused-ring (bicyclic) bond motifs is 3. The summed E-state index contributed by atoms with van der Waals surface area (Å²) in [6.07, 6.45) is -3.54. The van der Waals surface area contributed by atoms with Gasteiger partial charge in [0.15, 0.2) is 5.82 Å². The van der Waals surface area contributed by atoms with Crippen molar-refractivity contribution in [2.45, 2.75) is 44.5 Å². The van der Waals surface area contributed by atoms with Crippen LogP contribution in [0, 0.1) is 6.92 Å². The summed E-state index contributed by atoms with van der Waals surface area (Å²) in [4.78, 5) is 10.9. The van der Waals surface area contributed by atoms with Gasteiger partial charge in [-0.1, -0.05) is 6.92 Å². The summed E-state index contributed by atoms with van der Waals surface area (Å²) < 4.78 is 45.7. The van der Waals surface area contributed by atoms with Gasteiger partial charge in [-0.2, -0.15) is 18.3 Å². The van der Waals surface area contributed by atoms with Crippen molar-refractivity contribution >= 4 is 28.1 Å². The van der Waals surface area contributed by atoms with Gasteiger partial charge in [-0.05, 0) is 31.5 Å². The molecule has 0 aliphatic carbocycles. The maximum Gasteiger partial charge on any atom is 0.433 e. The Morgan fingerprint density at radius 3 is 2.59 bits per heavy atom. The Labute approximate surface area is 181 Å². The number of ether oxygens (including phenoxy) is 1. The van der Waals surface area contributed by atoms with Crippen LogP contribution >= 0.6 is 0 Å². The quantitative estimate of drug-likeness (QED) is 0.632. The summed E-state index contributed by atoms with van der Waals surface area (Å²) in [6, 6.07) is 4.34. The Kier molecular flexibility index (Phi) is 4.63. The van der Waals surface area contributed by atoms with Crippen LogP contribution < -0.4 is 16.4 Å². The Hall–Kier alpha value is -3.21. The van der Waals surface area contributed by atoms with E-state index in [9.17, 15) is 13.2 Å². The first kappa shape index (κ1) is 20.7. The van der Waals surface area contributed by atoms with E-state index in [4.69, 9.17) is 21.2 Å². The Morgan fingerprint density at radius 2 is 1.94 bits per heavy atom. The smallest absolute Gasteiger partial charge is 0.399 e. The van der Waals surface area contributed by atoms with Crippen LogP contribution in [-0.4, -0.2) is 45.5 Å². The van der Waals surface area contributed by atoms with Gasteiger partial charge in [-0.25, -0.2) is 9.97 Å². The zero-order valence-electron chi connectivity index (χ0n) is 17.5. The molecule has 2 aliphatic rings. The van der Waals surface area contributed by atoms with Gasteiger partial charge in [0.1, 0.15) is 11.5 Å². The number of halogens is 3. The molecule has 11 heteroatoms. The molecule has 3 aromatic rings. The highest BCUT2D eigenvalue weighted by atomic mass is 19.4. The van der Waals surface area contributed by atoms with Crippen molar-refractivity contribution in [1.82, 2.24) is 20.2 Å². The van der Waals surface area contributed by atoms with Crippen molar-refractivity contribution < 1.29 is 17.9 Å². The Balaban J connectivity index is 1.69. The zero-order valence-corrected chi connectivity index (χ0v) is 17.5. The van der Waals surface area contributed by atoms with E-state index in [2.05, 4.69) is 20.1 Å². The second kappa shape index (κ2) is 7.16. The number of aromatic nitrogens is 4. The van der Waals surface area contributed by atoms with Gasteiger partial charge in [0.25, 0.3) is 0 Å². The van der Waals surface area contributed by atoms with E-state index in [1.165, 1.54) is 6.07 Å². The van der Waals surface area contributed by atoms with Gasteiger partial charge in [0.2, 0.25) is 0 Å². The van der Waals surface area contributed by atoms with E-state index in [0.717, 1.165) is 12.5 Å². The lowest BCUT2D eigenvalue weighted by molar-refractivity contribution is -0.141. The zero-order chi connectivity index (χ0) is 22.8. The lowest BCUT2D eigenvalue weighted by Gasteiger charge is -2.29. The average Bonchev–Trinajstić information content (AvgIpc) is 3.38. The fourth-order valence-electron chi connectivity index (χ4n) is 4.59. The number of pyridine rings is 2. The number of nitrogens with zero attached hydrogens (tertiary/aromatic N) is 5. The van der Waals surface area contributed by atoms with Gasteiger partial charge >= 0.3 is 6.18 Å². The average molecular weight is 445 g/mol. The Morgan fingerprint density at radius 1 is 1.16 bits per heavy atom. The molecule has 2 bridgehead atoms. The molecule has 0 radical (unpaired) electrons. The minimum atomic E-state index is -4.61. The third-order valence-electron chi connectivity index (χ3n) is 6.19. The normalized spacial score (nSPS) is 21.5. The topological polar surface area (TPSA) is 116 Å². The number of hydrogen-bond acceptors (Lipinski definition) is 8. The summed E-state index contributed by atoms with van der Waals surface area (Å²) in [5, 5.41) is 9.46. The molecular weight excluding hydrogens is 423 g/mol. The number of hydrogen-bond donors (Lipinski definition) is 2. The summed E-state index contributed by atoms with van der Waals surface area (Å²) in [7, 11) is 0. The molecule has 4 N–H and O–H groups in total. The molecule has 0 amide bonds. The number of rotatable bonds is 3. The van der Waals surface area contributed by atoms with Crippen molar-refractivity contribution in [3.63, 3.8) is 0 Å². The number of anilines is 3. The predicted molar refractivity (Wildman–Crippen MR) is 113 cm³/mol. The molecule has 0 saturated carbocycles. The molecule has 3 aromatic heterocycles. The molecule has 2 aliphatic heterocycles. The maximum atomic E-state index is 13.4. The van der Waals surface area contributed by atoms with Crippen molar-refractivity contribution in [3.8, 4) is 0 Å². The molecule has 5 heterocycles. The van der Waals surface area contributed by atoms with Crippen LogP contribution in [0.3, 0.4) is 0 Å². The highest BCUT2D eigenvalue weighted by Crippen LogP contribution is 2.39. The SMILES string of the molecule is Cc1nnc(N)c2cc(N3C[C@H]4C[C@@H]3CO4)nc([C@H](C)c3cc(N)cc(C(F)(F)F)n3)c12. The monoisotopic (exact) mass is 445 g/mol. The first-order chi connectivity index (χ1) is 15.1. The largest absolute Gasteiger partial charge is 0.433 e. The highest BCUT2D eigenvalue weighted by Gasteiger charge is 2.40. The van der Waals surface area contributed by atoms with Crippen LogP contribution in [0.2, 0.25) is 0 Å². The van der Waals surface area contributed by atoms with Crippen LogP contribution in [0.25, 0.3) is 10.8 Å². The lowest BCUT2D eigenvalue weighted by Crippen LogP contribution is -2.37.